The van der Waals surface area contributed by atoms with E-state index in [4.69, 9.17) is 0 Å². The van der Waals surface area contributed by atoms with E-state index in [-0.39, 0.29) is 18.0 Å². The molecule has 0 fully saturated rings. The molecule has 1 amide bonds. The topological polar surface area (TPSA) is 71.6 Å². The third-order valence-corrected chi connectivity index (χ3v) is 4.44. The van der Waals surface area contributed by atoms with Crippen LogP contribution in [0, 0.1) is 0 Å². The van der Waals surface area contributed by atoms with Crippen LogP contribution in [0.15, 0.2) is 41.5 Å². The Morgan fingerprint density at radius 3 is 2.72 bits per heavy atom. The zero-order chi connectivity index (χ0) is 17.8. The molecule has 7 heteroatoms. The van der Waals surface area contributed by atoms with Gasteiger partial charge in [-0.3, -0.25) is 14.2 Å². The summed E-state index contributed by atoms with van der Waals surface area (Å²) in [4.78, 5) is 31.6. The predicted octanol–water partition coefficient (Wildman–Crippen LogP) is 1.11. The van der Waals surface area contributed by atoms with Gasteiger partial charge in [-0.15, -0.1) is 0 Å². The number of nitrogens with zero attached hydrogens (tertiary/aromatic N) is 4. The number of fused-ring (bicyclic) bond motifs is 3. The molecule has 0 saturated carbocycles. The number of hydrogen-bond donors (Lipinski definition) is 1. The van der Waals surface area contributed by atoms with Gasteiger partial charge >= 0.3 is 0 Å². The molecule has 0 spiro atoms. The average Bonchev–Trinajstić information content (AvgIpc) is 3.12. The Labute approximate surface area is 145 Å². The highest BCUT2D eigenvalue weighted by molar-refractivity contribution is 5.80. The Kier molecular flexibility index (Phi) is 5.14. The maximum Gasteiger partial charge on any atom is 0.276 e. The summed E-state index contributed by atoms with van der Waals surface area (Å²) >= 11 is 0. The predicted molar refractivity (Wildman–Crippen MR) is 97.8 cm³/mol. The maximum absolute atomic E-state index is 12.7. The smallest absolute Gasteiger partial charge is 0.276 e. The number of carbonyl (C=O) groups is 1. The minimum atomic E-state index is -0.213. The molecule has 0 atom stereocenters. The van der Waals surface area contributed by atoms with Crippen LogP contribution in [0.1, 0.15) is 13.8 Å². The number of likely N-dealkylation sites (N-methyl/N-ethyl adjacent to an activating group) is 1. The van der Waals surface area contributed by atoms with Crippen molar-refractivity contribution in [2.75, 3.05) is 26.2 Å². The third-order valence-electron chi connectivity index (χ3n) is 4.44. The van der Waals surface area contributed by atoms with E-state index in [2.05, 4.69) is 29.0 Å². The summed E-state index contributed by atoms with van der Waals surface area (Å²) in [7, 11) is 0. The molecule has 0 aliphatic heterocycles. The lowest BCUT2D eigenvalue weighted by Crippen LogP contribution is -2.38. The Morgan fingerprint density at radius 2 is 1.96 bits per heavy atom. The third kappa shape index (κ3) is 3.41. The largest absolute Gasteiger partial charge is 0.353 e. The van der Waals surface area contributed by atoms with Gasteiger partial charge in [-0.2, -0.15) is 0 Å². The van der Waals surface area contributed by atoms with Crippen molar-refractivity contribution in [3.05, 3.63) is 47.0 Å². The van der Waals surface area contributed by atoms with Crippen molar-refractivity contribution in [2.24, 2.45) is 0 Å². The van der Waals surface area contributed by atoms with Crippen LogP contribution < -0.4 is 10.9 Å². The Bertz CT molecular complexity index is 939. The van der Waals surface area contributed by atoms with Crippen LogP contribution in [0.25, 0.3) is 16.7 Å². The van der Waals surface area contributed by atoms with Crippen LogP contribution in [0.4, 0.5) is 0 Å². The molecule has 1 N–H and O–H groups in total. The van der Waals surface area contributed by atoms with E-state index in [9.17, 15) is 9.59 Å². The SMILES string of the molecule is CCN(CC)CCNC(=O)Cn1c(=O)c2cccn2c2cccnc21. The van der Waals surface area contributed by atoms with Crippen molar-refractivity contribution in [3.8, 4) is 0 Å². The average molecular weight is 341 g/mol. The molecule has 0 aliphatic carbocycles. The Balaban J connectivity index is 1.84. The van der Waals surface area contributed by atoms with Gasteiger partial charge in [0.25, 0.3) is 5.56 Å². The van der Waals surface area contributed by atoms with Crippen LogP contribution in [0.3, 0.4) is 0 Å². The molecule has 7 nitrogen and oxygen atoms in total. The summed E-state index contributed by atoms with van der Waals surface area (Å²) in [5.41, 5.74) is 1.64. The number of amides is 1. The van der Waals surface area contributed by atoms with E-state index in [1.165, 1.54) is 4.57 Å². The van der Waals surface area contributed by atoms with E-state index in [0.717, 1.165) is 25.2 Å². The zero-order valence-corrected chi connectivity index (χ0v) is 14.6. The molecule has 3 aromatic heterocycles. The first-order valence-electron chi connectivity index (χ1n) is 8.59. The molecule has 3 rings (SSSR count). The second kappa shape index (κ2) is 7.48. The zero-order valence-electron chi connectivity index (χ0n) is 14.6. The van der Waals surface area contributed by atoms with Gasteiger partial charge < -0.3 is 14.6 Å². The monoisotopic (exact) mass is 341 g/mol. The molecule has 3 heterocycles. The van der Waals surface area contributed by atoms with Crippen molar-refractivity contribution in [2.45, 2.75) is 20.4 Å². The van der Waals surface area contributed by atoms with Gasteiger partial charge in [-0.25, -0.2) is 4.98 Å². The van der Waals surface area contributed by atoms with Crippen LogP contribution in [-0.4, -0.2) is 50.9 Å². The number of pyridine rings is 1. The van der Waals surface area contributed by atoms with Gasteiger partial charge in [-0.1, -0.05) is 13.8 Å². The molecule has 3 aromatic rings. The van der Waals surface area contributed by atoms with E-state index in [1.807, 2.05) is 24.4 Å². The number of nitrogens with one attached hydrogen (secondary N) is 1. The lowest BCUT2D eigenvalue weighted by atomic mass is 10.3. The van der Waals surface area contributed by atoms with Crippen LogP contribution in [0.2, 0.25) is 0 Å². The van der Waals surface area contributed by atoms with Crippen molar-refractivity contribution in [3.63, 3.8) is 0 Å². The Morgan fingerprint density at radius 1 is 1.20 bits per heavy atom. The van der Waals surface area contributed by atoms with Crippen LogP contribution in [-0.2, 0) is 11.3 Å². The quantitative estimate of drug-likeness (QED) is 0.699. The molecule has 0 unspecified atom stereocenters. The summed E-state index contributed by atoms with van der Waals surface area (Å²) < 4.78 is 3.25. The second-order valence-corrected chi connectivity index (χ2v) is 5.88. The first-order chi connectivity index (χ1) is 12.2. The van der Waals surface area contributed by atoms with Crippen molar-refractivity contribution in [1.29, 1.82) is 0 Å². The first-order valence-corrected chi connectivity index (χ1v) is 8.59. The summed E-state index contributed by atoms with van der Waals surface area (Å²) in [6.07, 6.45) is 3.46. The van der Waals surface area contributed by atoms with Gasteiger partial charge in [0.2, 0.25) is 5.91 Å². The molecule has 0 bridgehead atoms. The Hall–Kier alpha value is -2.67. The van der Waals surface area contributed by atoms with Gasteiger partial charge in [0, 0.05) is 25.5 Å². The van der Waals surface area contributed by atoms with Gasteiger partial charge in [0.05, 0.1) is 5.52 Å². The van der Waals surface area contributed by atoms with E-state index >= 15 is 0 Å². The fourth-order valence-electron chi connectivity index (χ4n) is 3.02. The van der Waals surface area contributed by atoms with Crippen molar-refractivity contribution in [1.82, 2.24) is 24.2 Å². The standard InChI is InChI=1S/C18H23N5O2/c1-3-21(4-2)12-10-19-16(24)13-23-17-14(7-5-9-20-17)22-11-6-8-15(22)18(23)25/h5-9,11H,3-4,10,12-13H2,1-2H3,(H,19,24). The number of rotatable bonds is 7. The van der Waals surface area contributed by atoms with Crippen molar-refractivity contribution < 1.29 is 4.79 Å². The summed E-state index contributed by atoms with van der Waals surface area (Å²) in [6, 6.07) is 7.28. The van der Waals surface area contributed by atoms with Gasteiger partial charge in [0.15, 0.2) is 5.65 Å². The minimum absolute atomic E-state index is 0.0354. The first kappa shape index (κ1) is 17.2. The normalized spacial score (nSPS) is 11.5. The minimum Gasteiger partial charge on any atom is -0.353 e. The molecule has 0 radical (unpaired) electrons. The van der Waals surface area contributed by atoms with E-state index in [1.54, 1.807) is 16.7 Å². The second-order valence-electron chi connectivity index (χ2n) is 5.88. The van der Waals surface area contributed by atoms with Gasteiger partial charge in [0.1, 0.15) is 12.1 Å². The van der Waals surface area contributed by atoms with E-state index < -0.39 is 0 Å². The lowest BCUT2D eigenvalue weighted by molar-refractivity contribution is -0.121. The molecular formula is C18H23N5O2. The lowest BCUT2D eigenvalue weighted by Gasteiger charge is -2.18. The maximum atomic E-state index is 12.7. The van der Waals surface area contributed by atoms with Crippen molar-refractivity contribution >= 4 is 22.6 Å². The highest BCUT2D eigenvalue weighted by atomic mass is 16.2. The molecular weight excluding hydrogens is 318 g/mol. The van der Waals surface area contributed by atoms with Crippen LogP contribution in [0.5, 0.6) is 0 Å². The highest BCUT2D eigenvalue weighted by Gasteiger charge is 2.13. The summed E-state index contributed by atoms with van der Waals surface area (Å²) in [5, 5.41) is 2.89. The number of aromatic nitrogens is 3. The van der Waals surface area contributed by atoms with E-state index in [0.29, 0.717) is 17.7 Å². The number of hydrogen-bond acceptors (Lipinski definition) is 4. The molecule has 132 valence electrons. The molecule has 0 aliphatic rings. The molecule has 0 saturated heterocycles. The molecule has 25 heavy (non-hydrogen) atoms. The number of carbonyl (C=O) groups excluding carboxylic acids is 1. The summed E-state index contributed by atoms with van der Waals surface area (Å²) in [6.45, 7) is 7.41. The fraction of sp³-hybridized carbons (Fsp3) is 0.389. The highest BCUT2D eigenvalue weighted by Crippen LogP contribution is 2.12. The summed E-state index contributed by atoms with van der Waals surface area (Å²) in [5.74, 6) is -0.183. The van der Waals surface area contributed by atoms with Gasteiger partial charge in [-0.05, 0) is 37.4 Å². The fourth-order valence-corrected chi connectivity index (χ4v) is 3.02. The molecule has 0 aromatic carbocycles. The van der Waals surface area contributed by atoms with Crippen LogP contribution >= 0.6 is 0 Å².